The minimum Gasteiger partial charge on any atom is -0.481 e. The molecule has 0 saturated carbocycles. The van der Waals surface area contributed by atoms with Crippen LogP contribution in [-0.4, -0.2) is 29.9 Å². The van der Waals surface area contributed by atoms with Crippen molar-refractivity contribution in [2.45, 2.75) is 26.7 Å². The van der Waals surface area contributed by atoms with E-state index in [1.165, 1.54) is 14.0 Å². The number of Topliss-reactive ketones (excluding diaryl/α,β-unsaturated/α-hetero) is 1. The molecule has 0 aliphatic carbocycles. The van der Waals surface area contributed by atoms with Gasteiger partial charge in [-0.05, 0) is 13.3 Å². The molecule has 5 heteroatoms. The Balaban J connectivity index is 0. The summed E-state index contributed by atoms with van der Waals surface area (Å²) in [4.78, 5) is 29.9. The van der Waals surface area contributed by atoms with Crippen molar-refractivity contribution in [2.75, 3.05) is 7.11 Å². The molecule has 0 unspecified atom stereocenters. The van der Waals surface area contributed by atoms with Gasteiger partial charge in [0.25, 0.3) is 0 Å². The summed E-state index contributed by atoms with van der Waals surface area (Å²) in [6.07, 6.45) is 0.298. The van der Waals surface area contributed by atoms with E-state index < -0.39 is 5.97 Å². The second kappa shape index (κ2) is 8.93. The number of carbonyl (C=O) groups is 3. The van der Waals surface area contributed by atoms with Crippen LogP contribution < -0.4 is 0 Å². The van der Waals surface area contributed by atoms with Crippen molar-refractivity contribution in [3.8, 4) is 0 Å². The fraction of sp³-hybridized carbons (Fsp3) is 0.500. The third kappa shape index (κ3) is 12.4. The maximum atomic E-state index is 10.4. The van der Waals surface area contributed by atoms with Crippen LogP contribution in [0, 0.1) is 0 Å². The van der Waals surface area contributed by atoms with Gasteiger partial charge in [-0.2, -0.15) is 0 Å². The standard InChI is InChI=1S/C6H10O2.C4H6O3/c1-4-5(2)6(7)8-3;1-3(5)2-4(6)7/h2,4H2,1,3H3;2H2,1H3,(H,6,7). The fourth-order valence-corrected chi connectivity index (χ4v) is 0.502. The Hall–Kier alpha value is -1.65. The SMILES string of the molecule is C=C(CC)C(=O)OC.CC(=O)CC(=O)O. The molecule has 5 nitrogen and oxygen atoms in total. The lowest BCUT2D eigenvalue weighted by molar-refractivity contribution is -0.140. The molecule has 0 bridgehead atoms. The molecule has 0 aromatic rings. The molecule has 1 N–H and O–H groups in total. The van der Waals surface area contributed by atoms with E-state index in [2.05, 4.69) is 11.3 Å². The number of carboxylic acid groups (broad SMARTS) is 1. The first-order valence-electron chi connectivity index (χ1n) is 4.32. The van der Waals surface area contributed by atoms with Crippen molar-refractivity contribution in [3.63, 3.8) is 0 Å². The zero-order valence-corrected chi connectivity index (χ0v) is 9.20. The molecule has 0 rings (SSSR count). The number of ether oxygens (including phenoxy) is 1. The third-order valence-electron chi connectivity index (χ3n) is 1.30. The molecule has 15 heavy (non-hydrogen) atoms. The molecule has 0 amide bonds. The summed E-state index contributed by atoms with van der Waals surface area (Å²) in [5.41, 5.74) is 0.521. The minimum absolute atomic E-state index is 0.312. The van der Waals surface area contributed by atoms with Crippen LogP contribution in [0.3, 0.4) is 0 Å². The average molecular weight is 216 g/mol. The van der Waals surface area contributed by atoms with Crippen LogP contribution in [0.1, 0.15) is 26.7 Å². The van der Waals surface area contributed by atoms with Gasteiger partial charge in [0, 0.05) is 5.57 Å². The van der Waals surface area contributed by atoms with Gasteiger partial charge in [-0.3, -0.25) is 9.59 Å². The quantitative estimate of drug-likeness (QED) is 0.433. The summed E-state index contributed by atoms with van der Waals surface area (Å²) in [6.45, 7) is 6.57. The predicted molar refractivity (Wildman–Crippen MR) is 54.4 cm³/mol. The van der Waals surface area contributed by atoms with Crippen molar-refractivity contribution in [1.29, 1.82) is 0 Å². The van der Waals surface area contributed by atoms with Crippen molar-refractivity contribution in [1.82, 2.24) is 0 Å². The number of methoxy groups -OCH3 is 1. The van der Waals surface area contributed by atoms with Gasteiger partial charge in [-0.15, -0.1) is 0 Å². The van der Waals surface area contributed by atoms with Gasteiger partial charge in [-0.25, -0.2) is 4.79 Å². The monoisotopic (exact) mass is 216 g/mol. The first-order valence-corrected chi connectivity index (χ1v) is 4.32. The number of esters is 1. The number of rotatable bonds is 4. The molecule has 0 aliphatic heterocycles. The Morgan fingerprint density at radius 3 is 1.87 bits per heavy atom. The van der Waals surface area contributed by atoms with E-state index in [1.54, 1.807) is 0 Å². The molecule has 0 fully saturated rings. The largest absolute Gasteiger partial charge is 0.481 e. The zero-order chi connectivity index (χ0) is 12.4. The number of hydrogen-bond acceptors (Lipinski definition) is 4. The van der Waals surface area contributed by atoms with Crippen molar-refractivity contribution >= 4 is 17.7 Å². The third-order valence-corrected chi connectivity index (χ3v) is 1.30. The number of carboxylic acids is 1. The van der Waals surface area contributed by atoms with Gasteiger partial charge < -0.3 is 9.84 Å². The van der Waals surface area contributed by atoms with Gasteiger partial charge in [0.15, 0.2) is 0 Å². The highest BCUT2D eigenvalue weighted by atomic mass is 16.5. The Bertz CT molecular complexity index is 229. The van der Waals surface area contributed by atoms with E-state index in [-0.39, 0.29) is 18.2 Å². The number of ketones is 1. The molecule has 0 saturated heterocycles. The summed E-state index contributed by atoms with van der Waals surface area (Å²) in [5.74, 6) is -1.69. The average Bonchev–Trinajstić information content (AvgIpc) is 2.14. The van der Waals surface area contributed by atoms with Crippen molar-refractivity contribution in [3.05, 3.63) is 12.2 Å². The minimum atomic E-state index is -1.06. The zero-order valence-electron chi connectivity index (χ0n) is 9.20. The Labute approximate surface area is 88.7 Å². The Morgan fingerprint density at radius 1 is 1.33 bits per heavy atom. The topological polar surface area (TPSA) is 80.7 Å². The maximum absolute atomic E-state index is 10.4. The molecule has 0 aliphatic rings. The van der Waals surface area contributed by atoms with E-state index in [0.29, 0.717) is 12.0 Å². The van der Waals surface area contributed by atoms with Crippen LogP contribution >= 0.6 is 0 Å². The van der Waals surface area contributed by atoms with Crippen LogP contribution in [0.15, 0.2) is 12.2 Å². The molecular weight excluding hydrogens is 200 g/mol. The first-order chi connectivity index (χ1) is 6.84. The summed E-state index contributed by atoms with van der Waals surface area (Å²) in [7, 11) is 1.35. The molecule has 0 atom stereocenters. The summed E-state index contributed by atoms with van der Waals surface area (Å²) in [6, 6.07) is 0. The second-order valence-corrected chi connectivity index (χ2v) is 2.72. The van der Waals surface area contributed by atoms with Gasteiger partial charge in [0.2, 0.25) is 0 Å². The first kappa shape index (κ1) is 15.8. The lowest BCUT2D eigenvalue weighted by Crippen LogP contribution is -2.01. The van der Waals surface area contributed by atoms with Crippen LogP contribution in [0.2, 0.25) is 0 Å². The molecule has 86 valence electrons. The highest BCUT2D eigenvalue weighted by molar-refractivity contribution is 5.93. The number of aliphatic carboxylic acids is 1. The Morgan fingerprint density at radius 2 is 1.80 bits per heavy atom. The lowest BCUT2D eigenvalue weighted by atomic mass is 10.2. The highest BCUT2D eigenvalue weighted by Crippen LogP contribution is 1.96. The van der Waals surface area contributed by atoms with Gasteiger partial charge >= 0.3 is 11.9 Å². The van der Waals surface area contributed by atoms with Gasteiger partial charge in [0.1, 0.15) is 12.2 Å². The fourth-order valence-electron chi connectivity index (χ4n) is 0.502. The molecule has 0 spiro atoms. The lowest BCUT2D eigenvalue weighted by Gasteiger charge is -1.95. The van der Waals surface area contributed by atoms with Crippen LogP contribution in [0.25, 0.3) is 0 Å². The number of carbonyl (C=O) groups excluding carboxylic acids is 2. The van der Waals surface area contributed by atoms with E-state index >= 15 is 0 Å². The van der Waals surface area contributed by atoms with Crippen molar-refractivity contribution < 1.29 is 24.2 Å². The van der Waals surface area contributed by atoms with Crippen LogP contribution in [0.4, 0.5) is 0 Å². The summed E-state index contributed by atoms with van der Waals surface area (Å²) < 4.78 is 4.36. The summed E-state index contributed by atoms with van der Waals surface area (Å²) in [5, 5.41) is 7.86. The second-order valence-electron chi connectivity index (χ2n) is 2.72. The van der Waals surface area contributed by atoms with E-state index in [9.17, 15) is 14.4 Å². The molecule has 0 aromatic carbocycles. The molecular formula is C10H16O5. The van der Waals surface area contributed by atoms with Crippen LogP contribution in [0.5, 0.6) is 0 Å². The normalized spacial score (nSPS) is 8.20. The van der Waals surface area contributed by atoms with E-state index in [0.717, 1.165) is 0 Å². The number of hydrogen-bond donors (Lipinski definition) is 1. The van der Waals surface area contributed by atoms with Gasteiger partial charge in [0.05, 0.1) is 7.11 Å². The summed E-state index contributed by atoms with van der Waals surface area (Å²) >= 11 is 0. The maximum Gasteiger partial charge on any atom is 0.333 e. The Kier molecular flexibility index (Phi) is 9.41. The van der Waals surface area contributed by atoms with E-state index in [1.807, 2.05) is 6.92 Å². The van der Waals surface area contributed by atoms with Crippen LogP contribution in [-0.2, 0) is 19.1 Å². The molecule has 0 radical (unpaired) electrons. The van der Waals surface area contributed by atoms with E-state index in [4.69, 9.17) is 5.11 Å². The van der Waals surface area contributed by atoms with Crippen molar-refractivity contribution in [2.24, 2.45) is 0 Å². The molecule has 0 heterocycles. The molecule has 0 aromatic heterocycles. The smallest absolute Gasteiger partial charge is 0.333 e. The predicted octanol–water partition coefficient (Wildman–Crippen LogP) is 1.18. The highest BCUT2D eigenvalue weighted by Gasteiger charge is 2.00. The van der Waals surface area contributed by atoms with Gasteiger partial charge in [-0.1, -0.05) is 13.5 Å².